The number of nitrogens with zero attached hydrogens (tertiary/aromatic N) is 1. The van der Waals surface area contributed by atoms with Crippen molar-refractivity contribution < 1.29 is 5.11 Å². The summed E-state index contributed by atoms with van der Waals surface area (Å²) in [5.74, 6) is 0. The first-order chi connectivity index (χ1) is 4.34. The lowest BCUT2D eigenvalue weighted by atomic mass is 10.2. The van der Waals surface area contributed by atoms with E-state index >= 15 is 0 Å². The van der Waals surface area contributed by atoms with E-state index in [0.29, 0.717) is 12.6 Å². The average Bonchev–Trinajstić information content (AvgIpc) is 2.18. The molecule has 0 amide bonds. The second kappa shape index (κ2) is 3.18. The Kier molecular flexibility index (Phi) is 2.49. The molecule has 0 radical (unpaired) electrons. The molecule has 2 nitrogen and oxygen atoms in total. The van der Waals surface area contributed by atoms with Crippen LogP contribution in [0.3, 0.4) is 0 Å². The second-order valence-corrected chi connectivity index (χ2v) is 2.79. The van der Waals surface area contributed by atoms with Crippen LogP contribution in [0.2, 0.25) is 0 Å². The molecule has 54 valence electrons. The Labute approximate surface area is 56.5 Å². The SMILES string of the molecule is CN1CCC[C@H]1CCO. The molecule has 1 heterocycles. The summed E-state index contributed by atoms with van der Waals surface area (Å²) in [6.07, 6.45) is 3.54. The minimum Gasteiger partial charge on any atom is -0.396 e. The van der Waals surface area contributed by atoms with Gasteiger partial charge in [0.05, 0.1) is 0 Å². The predicted octanol–water partition coefficient (Wildman–Crippen LogP) is 0.463. The van der Waals surface area contributed by atoms with Crippen molar-refractivity contribution in [1.29, 1.82) is 0 Å². The molecule has 1 fully saturated rings. The van der Waals surface area contributed by atoms with Crippen molar-refractivity contribution in [3.8, 4) is 0 Å². The van der Waals surface area contributed by atoms with E-state index in [2.05, 4.69) is 11.9 Å². The number of aliphatic hydroxyl groups excluding tert-OH is 1. The fourth-order valence-electron chi connectivity index (χ4n) is 1.49. The fourth-order valence-corrected chi connectivity index (χ4v) is 1.49. The van der Waals surface area contributed by atoms with E-state index < -0.39 is 0 Å². The molecule has 0 aromatic carbocycles. The molecule has 0 saturated carbocycles. The zero-order valence-corrected chi connectivity index (χ0v) is 6.01. The summed E-state index contributed by atoms with van der Waals surface area (Å²) >= 11 is 0. The third-order valence-corrected chi connectivity index (χ3v) is 2.13. The number of rotatable bonds is 2. The van der Waals surface area contributed by atoms with Crippen molar-refractivity contribution in [1.82, 2.24) is 4.90 Å². The second-order valence-electron chi connectivity index (χ2n) is 2.79. The molecule has 1 N–H and O–H groups in total. The van der Waals surface area contributed by atoms with Gasteiger partial charge in [0.15, 0.2) is 0 Å². The summed E-state index contributed by atoms with van der Waals surface area (Å²) in [4.78, 5) is 2.33. The highest BCUT2D eigenvalue weighted by molar-refractivity contribution is 4.75. The van der Waals surface area contributed by atoms with Crippen molar-refractivity contribution in [2.75, 3.05) is 20.2 Å². The smallest absolute Gasteiger partial charge is 0.0445 e. The van der Waals surface area contributed by atoms with E-state index in [0.717, 1.165) is 6.42 Å². The van der Waals surface area contributed by atoms with Crippen LogP contribution in [-0.4, -0.2) is 36.2 Å². The highest BCUT2D eigenvalue weighted by Crippen LogP contribution is 2.16. The van der Waals surface area contributed by atoms with Gasteiger partial charge < -0.3 is 10.0 Å². The predicted molar refractivity (Wildman–Crippen MR) is 37.4 cm³/mol. The van der Waals surface area contributed by atoms with Crippen LogP contribution in [0, 0.1) is 0 Å². The van der Waals surface area contributed by atoms with Gasteiger partial charge in [-0.15, -0.1) is 0 Å². The quantitative estimate of drug-likeness (QED) is 0.585. The summed E-state index contributed by atoms with van der Waals surface area (Å²) < 4.78 is 0. The Morgan fingerprint density at radius 1 is 1.67 bits per heavy atom. The molecule has 0 unspecified atom stereocenters. The molecule has 0 aromatic heterocycles. The van der Waals surface area contributed by atoms with Crippen LogP contribution in [0.5, 0.6) is 0 Å². The minimum absolute atomic E-state index is 0.342. The standard InChI is InChI=1S/C7H15NO/c1-8-5-2-3-7(8)4-6-9/h7,9H,2-6H2,1H3/t7-/m0/s1. The average molecular weight is 129 g/mol. The molecule has 0 bridgehead atoms. The highest BCUT2D eigenvalue weighted by atomic mass is 16.3. The first-order valence-corrected chi connectivity index (χ1v) is 3.65. The summed E-state index contributed by atoms with van der Waals surface area (Å²) in [5.41, 5.74) is 0. The van der Waals surface area contributed by atoms with Gasteiger partial charge in [0, 0.05) is 12.6 Å². The van der Waals surface area contributed by atoms with Crippen LogP contribution >= 0.6 is 0 Å². The van der Waals surface area contributed by atoms with E-state index in [1.807, 2.05) is 0 Å². The van der Waals surface area contributed by atoms with Crippen LogP contribution in [-0.2, 0) is 0 Å². The molecule has 1 aliphatic heterocycles. The molecular weight excluding hydrogens is 114 g/mol. The van der Waals surface area contributed by atoms with Crippen molar-refractivity contribution in [3.63, 3.8) is 0 Å². The van der Waals surface area contributed by atoms with E-state index in [1.54, 1.807) is 0 Å². The molecule has 0 spiro atoms. The molecule has 1 aliphatic rings. The zero-order chi connectivity index (χ0) is 6.69. The van der Waals surface area contributed by atoms with Gasteiger partial charge in [-0.2, -0.15) is 0 Å². The van der Waals surface area contributed by atoms with Crippen molar-refractivity contribution in [2.45, 2.75) is 25.3 Å². The van der Waals surface area contributed by atoms with Crippen molar-refractivity contribution >= 4 is 0 Å². The maximum Gasteiger partial charge on any atom is 0.0445 e. The Balaban J connectivity index is 2.22. The number of likely N-dealkylation sites (tertiary alicyclic amines) is 1. The lowest BCUT2D eigenvalue weighted by molar-refractivity contribution is 0.220. The third kappa shape index (κ3) is 1.66. The largest absolute Gasteiger partial charge is 0.396 e. The molecular formula is C7H15NO. The maximum absolute atomic E-state index is 8.62. The molecule has 1 rings (SSSR count). The Morgan fingerprint density at radius 3 is 2.89 bits per heavy atom. The topological polar surface area (TPSA) is 23.5 Å². The third-order valence-electron chi connectivity index (χ3n) is 2.13. The van der Waals surface area contributed by atoms with E-state index in [1.165, 1.54) is 19.4 Å². The number of hydrogen-bond acceptors (Lipinski definition) is 2. The van der Waals surface area contributed by atoms with Crippen molar-refractivity contribution in [2.24, 2.45) is 0 Å². The van der Waals surface area contributed by atoms with E-state index in [-0.39, 0.29) is 0 Å². The summed E-state index contributed by atoms with van der Waals surface area (Å²) in [6, 6.07) is 0.662. The van der Waals surface area contributed by atoms with Gasteiger partial charge in [-0.3, -0.25) is 0 Å². The molecule has 2 heteroatoms. The van der Waals surface area contributed by atoms with Crippen molar-refractivity contribution in [3.05, 3.63) is 0 Å². The molecule has 0 aliphatic carbocycles. The van der Waals surface area contributed by atoms with Crippen LogP contribution in [0.1, 0.15) is 19.3 Å². The minimum atomic E-state index is 0.342. The fraction of sp³-hybridized carbons (Fsp3) is 1.00. The molecule has 1 saturated heterocycles. The van der Waals surface area contributed by atoms with Crippen LogP contribution in [0.15, 0.2) is 0 Å². The van der Waals surface area contributed by atoms with Gasteiger partial charge in [0.1, 0.15) is 0 Å². The zero-order valence-electron chi connectivity index (χ0n) is 6.01. The summed E-state index contributed by atoms with van der Waals surface area (Å²) in [7, 11) is 2.13. The lowest BCUT2D eigenvalue weighted by Gasteiger charge is -2.17. The Hall–Kier alpha value is -0.0800. The first-order valence-electron chi connectivity index (χ1n) is 3.65. The molecule has 1 atom stereocenters. The first kappa shape index (κ1) is 7.03. The Morgan fingerprint density at radius 2 is 2.44 bits per heavy atom. The lowest BCUT2D eigenvalue weighted by Crippen LogP contribution is -2.25. The van der Waals surface area contributed by atoms with Gasteiger partial charge in [0.25, 0.3) is 0 Å². The van der Waals surface area contributed by atoms with E-state index in [9.17, 15) is 0 Å². The highest BCUT2D eigenvalue weighted by Gasteiger charge is 2.19. The Bertz CT molecular complexity index is 85.0. The van der Waals surface area contributed by atoms with E-state index in [4.69, 9.17) is 5.11 Å². The molecule has 9 heavy (non-hydrogen) atoms. The monoisotopic (exact) mass is 129 g/mol. The normalized spacial score (nSPS) is 29.3. The maximum atomic E-state index is 8.62. The number of aliphatic hydroxyl groups is 1. The van der Waals surface area contributed by atoms with Crippen LogP contribution < -0.4 is 0 Å². The van der Waals surface area contributed by atoms with Gasteiger partial charge >= 0.3 is 0 Å². The molecule has 0 aromatic rings. The van der Waals surface area contributed by atoms with Crippen LogP contribution in [0.25, 0.3) is 0 Å². The summed E-state index contributed by atoms with van der Waals surface area (Å²) in [6.45, 7) is 1.56. The van der Waals surface area contributed by atoms with Crippen LogP contribution in [0.4, 0.5) is 0 Å². The van der Waals surface area contributed by atoms with Gasteiger partial charge in [-0.1, -0.05) is 0 Å². The number of hydrogen-bond donors (Lipinski definition) is 1. The summed E-state index contributed by atoms with van der Waals surface area (Å²) in [5, 5.41) is 8.62. The van der Waals surface area contributed by atoms with Gasteiger partial charge in [-0.25, -0.2) is 0 Å². The van der Waals surface area contributed by atoms with Gasteiger partial charge in [-0.05, 0) is 32.9 Å². The van der Waals surface area contributed by atoms with Gasteiger partial charge in [0.2, 0.25) is 0 Å².